The van der Waals surface area contributed by atoms with Gasteiger partial charge in [-0.15, -0.1) is 0 Å². The Bertz CT molecular complexity index is 715. The molecule has 1 amide bonds. The number of carbonyl (C=O) groups excluding carboxylic acids is 2. The standard InChI is InChI=1S/C16H14FNO4/c1-21-16(20)13-8-11(17)7-6-10(13)9-22-14-5-3-2-4-12(14)15(18)19/h2-8H,9H2,1H3,(H2,18,19). The van der Waals surface area contributed by atoms with Gasteiger partial charge in [-0.25, -0.2) is 9.18 Å². The lowest BCUT2D eigenvalue weighted by Crippen LogP contribution is -2.14. The van der Waals surface area contributed by atoms with Crippen molar-refractivity contribution in [2.24, 2.45) is 5.73 Å². The summed E-state index contributed by atoms with van der Waals surface area (Å²) in [6.07, 6.45) is 0. The van der Waals surface area contributed by atoms with E-state index < -0.39 is 17.7 Å². The zero-order valence-corrected chi connectivity index (χ0v) is 11.8. The number of amides is 1. The van der Waals surface area contributed by atoms with Crippen LogP contribution in [0.3, 0.4) is 0 Å². The normalized spacial score (nSPS) is 10.1. The first-order valence-electron chi connectivity index (χ1n) is 6.41. The maximum Gasteiger partial charge on any atom is 0.338 e. The molecule has 0 radical (unpaired) electrons. The van der Waals surface area contributed by atoms with Crippen LogP contribution >= 0.6 is 0 Å². The van der Waals surface area contributed by atoms with Gasteiger partial charge in [0.1, 0.15) is 18.2 Å². The van der Waals surface area contributed by atoms with Crippen LogP contribution in [0.25, 0.3) is 0 Å². The van der Waals surface area contributed by atoms with Gasteiger partial charge in [0.15, 0.2) is 0 Å². The molecule has 5 nitrogen and oxygen atoms in total. The van der Waals surface area contributed by atoms with Gasteiger partial charge in [0.25, 0.3) is 5.91 Å². The molecule has 0 saturated carbocycles. The number of halogens is 1. The fourth-order valence-corrected chi connectivity index (χ4v) is 1.93. The second-order valence-electron chi connectivity index (χ2n) is 4.44. The molecule has 2 rings (SSSR count). The van der Waals surface area contributed by atoms with E-state index in [1.54, 1.807) is 18.2 Å². The van der Waals surface area contributed by atoms with Gasteiger partial charge in [-0.1, -0.05) is 18.2 Å². The van der Waals surface area contributed by atoms with E-state index >= 15 is 0 Å². The molecule has 0 atom stereocenters. The summed E-state index contributed by atoms with van der Waals surface area (Å²) in [5.74, 6) is -1.55. The fraction of sp³-hybridized carbons (Fsp3) is 0.125. The van der Waals surface area contributed by atoms with Crippen molar-refractivity contribution in [1.82, 2.24) is 0 Å². The summed E-state index contributed by atoms with van der Waals surface area (Å²) < 4.78 is 23.4. The molecule has 0 aliphatic carbocycles. The van der Waals surface area contributed by atoms with Crippen LogP contribution in [0.5, 0.6) is 5.75 Å². The zero-order valence-electron chi connectivity index (χ0n) is 11.8. The molecule has 2 N–H and O–H groups in total. The third-order valence-corrected chi connectivity index (χ3v) is 3.01. The van der Waals surface area contributed by atoms with Gasteiger partial charge in [-0.3, -0.25) is 4.79 Å². The first-order chi connectivity index (χ1) is 10.5. The van der Waals surface area contributed by atoms with Crippen molar-refractivity contribution >= 4 is 11.9 Å². The van der Waals surface area contributed by atoms with E-state index in [4.69, 9.17) is 10.5 Å². The fourth-order valence-electron chi connectivity index (χ4n) is 1.93. The van der Waals surface area contributed by atoms with E-state index in [2.05, 4.69) is 4.74 Å². The summed E-state index contributed by atoms with van der Waals surface area (Å²) >= 11 is 0. The number of ether oxygens (including phenoxy) is 2. The van der Waals surface area contributed by atoms with Gasteiger partial charge >= 0.3 is 5.97 Å². The third kappa shape index (κ3) is 3.41. The van der Waals surface area contributed by atoms with Crippen molar-refractivity contribution in [3.63, 3.8) is 0 Å². The molecule has 0 fully saturated rings. The molecule has 0 aliphatic heterocycles. The van der Waals surface area contributed by atoms with E-state index in [1.807, 2.05) is 0 Å². The van der Waals surface area contributed by atoms with Crippen molar-refractivity contribution in [2.45, 2.75) is 6.61 Å². The van der Waals surface area contributed by atoms with Crippen LogP contribution in [-0.4, -0.2) is 19.0 Å². The lowest BCUT2D eigenvalue weighted by atomic mass is 10.1. The summed E-state index contributed by atoms with van der Waals surface area (Å²) in [7, 11) is 1.21. The van der Waals surface area contributed by atoms with Crippen molar-refractivity contribution < 1.29 is 23.5 Å². The minimum absolute atomic E-state index is 0.0327. The Labute approximate surface area is 126 Å². The van der Waals surface area contributed by atoms with Crippen LogP contribution in [0.4, 0.5) is 4.39 Å². The van der Waals surface area contributed by atoms with E-state index in [9.17, 15) is 14.0 Å². The predicted molar refractivity (Wildman–Crippen MR) is 77.0 cm³/mol. The molecule has 0 unspecified atom stereocenters. The molecule has 6 heteroatoms. The van der Waals surface area contributed by atoms with E-state index in [1.165, 1.54) is 25.3 Å². The molecule has 0 heterocycles. The van der Waals surface area contributed by atoms with Gasteiger partial charge in [0.2, 0.25) is 0 Å². The Kier molecular flexibility index (Phi) is 4.73. The Morgan fingerprint density at radius 2 is 1.86 bits per heavy atom. The Balaban J connectivity index is 2.26. The number of benzene rings is 2. The first-order valence-corrected chi connectivity index (χ1v) is 6.41. The summed E-state index contributed by atoms with van der Waals surface area (Å²) in [4.78, 5) is 23.0. The minimum Gasteiger partial charge on any atom is -0.488 e. The molecular weight excluding hydrogens is 289 g/mol. The SMILES string of the molecule is COC(=O)c1cc(F)ccc1COc1ccccc1C(N)=O. The highest BCUT2D eigenvalue weighted by atomic mass is 19.1. The second-order valence-corrected chi connectivity index (χ2v) is 4.44. The third-order valence-electron chi connectivity index (χ3n) is 3.01. The molecular formula is C16H14FNO4. The highest BCUT2D eigenvalue weighted by molar-refractivity contribution is 5.95. The molecule has 114 valence electrons. The van der Waals surface area contributed by atoms with Crippen molar-refractivity contribution in [1.29, 1.82) is 0 Å². The smallest absolute Gasteiger partial charge is 0.338 e. The highest BCUT2D eigenvalue weighted by Gasteiger charge is 2.15. The maximum atomic E-state index is 13.3. The van der Waals surface area contributed by atoms with Crippen molar-refractivity contribution in [2.75, 3.05) is 7.11 Å². The van der Waals surface area contributed by atoms with Crippen LogP contribution in [-0.2, 0) is 11.3 Å². The van der Waals surface area contributed by atoms with E-state index in [-0.39, 0.29) is 23.5 Å². The maximum absolute atomic E-state index is 13.3. The Morgan fingerprint density at radius 3 is 2.55 bits per heavy atom. The number of para-hydroxylation sites is 1. The lowest BCUT2D eigenvalue weighted by molar-refractivity contribution is 0.0597. The summed E-state index contributed by atoms with van der Waals surface area (Å²) in [5.41, 5.74) is 5.99. The molecule has 0 saturated heterocycles. The van der Waals surface area contributed by atoms with Crippen molar-refractivity contribution in [3.05, 3.63) is 65.0 Å². The van der Waals surface area contributed by atoms with Gasteiger partial charge in [0, 0.05) is 5.56 Å². The van der Waals surface area contributed by atoms with Crippen LogP contribution < -0.4 is 10.5 Å². The Morgan fingerprint density at radius 1 is 1.14 bits per heavy atom. The van der Waals surface area contributed by atoms with E-state index in [0.29, 0.717) is 5.56 Å². The van der Waals surface area contributed by atoms with Gasteiger partial charge in [-0.2, -0.15) is 0 Å². The number of carbonyl (C=O) groups is 2. The molecule has 0 aromatic heterocycles. The molecule has 0 aliphatic rings. The number of rotatable bonds is 5. The highest BCUT2D eigenvalue weighted by Crippen LogP contribution is 2.20. The molecule has 2 aromatic carbocycles. The Hall–Kier alpha value is -2.89. The number of hydrogen-bond acceptors (Lipinski definition) is 4. The van der Waals surface area contributed by atoms with Crippen LogP contribution in [0.2, 0.25) is 0 Å². The number of hydrogen-bond donors (Lipinski definition) is 1. The number of methoxy groups -OCH3 is 1. The predicted octanol–water partition coefficient (Wildman–Crippen LogP) is 2.29. The molecule has 0 spiro atoms. The van der Waals surface area contributed by atoms with Gasteiger partial charge in [0.05, 0.1) is 18.2 Å². The van der Waals surface area contributed by atoms with Crippen molar-refractivity contribution in [3.8, 4) is 5.75 Å². The number of nitrogens with two attached hydrogens (primary N) is 1. The summed E-state index contributed by atoms with van der Waals surface area (Å²) in [6, 6.07) is 10.2. The molecule has 22 heavy (non-hydrogen) atoms. The summed E-state index contributed by atoms with van der Waals surface area (Å²) in [5, 5.41) is 0. The first kappa shape index (κ1) is 15.5. The molecule has 0 bridgehead atoms. The van der Waals surface area contributed by atoms with Crippen LogP contribution in [0.1, 0.15) is 26.3 Å². The number of esters is 1. The monoisotopic (exact) mass is 303 g/mol. The van der Waals surface area contributed by atoms with Gasteiger partial charge in [-0.05, 0) is 24.3 Å². The van der Waals surface area contributed by atoms with Gasteiger partial charge < -0.3 is 15.2 Å². The minimum atomic E-state index is -0.665. The van der Waals surface area contributed by atoms with E-state index in [0.717, 1.165) is 6.07 Å². The average Bonchev–Trinajstić information content (AvgIpc) is 2.53. The number of primary amides is 1. The largest absolute Gasteiger partial charge is 0.488 e. The molecule has 2 aromatic rings. The second kappa shape index (κ2) is 6.71. The summed E-state index contributed by atoms with van der Waals surface area (Å²) in [6.45, 7) is -0.0327. The average molecular weight is 303 g/mol. The zero-order chi connectivity index (χ0) is 16.1. The van der Waals surface area contributed by atoms with Crippen LogP contribution in [0, 0.1) is 5.82 Å². The quantitative estimate of drug-likeness (QED) is 0.860. The lowest BCUT2D eigenvalue weighted by Gasteiger charge is -2.12. The van der Waals surface area contributed by atoms with Crippen LogP contribution in [0.15, 0.2) is 42.5 Å². The topological polar surface area (TPSA) is 78.6 Å².